The number of carbonyl (C=O) groups is 2. The van der Waals surface area contributed by atoms with Crippen LogP contribution in [0.2, 0.25) is 0 Å². The molecule has 1 aromatic heterocycles. The fraction of sp³-hybridized carbons (Fsp3) is 0.455. The molecule has 1 aromatic carbocycles. The first kappa shape index (κ1) is 19.2. The van der Waals surface area contributed by atoms with Crippen molar-refractivity contribution >= 4 is 11.8 Å². The maximum absolute atomic E-state index is 13.0. The highest BCUT2D eigenvalue weighted by molar-refractivity contribution is 5.99. The van der Waals surface area contributed by atoms with Crippen LogP contribution in [-0.4, -0.2) is 24.9 Å². The SMILES string of the molecule is CNC(=O)c1cc(C(=O)N[C@H]2CCC[C@@H](C)C2)c(C(C)c2ccccc2)o1. The molecule has 5 nitrogen and oxygen atoms in total. The van der Waals surface area contributed by atoms with Crippen LogP contribution in [0.5, 0.6) is 0 Å². The maximum Gasteiger partial charge on any atom is 0.286 e. The van der Waals surface area contributed by atoms with Gasteiger partial charge in [-0.2, -0.15) is 0 Å². The van der Waals surface area contributed by atoms with Crippen LogP contribution < -0.4 is 10.6 Å². The van der Waals surface area contributed by atoms with Gasteiger partial charge in [0.1, 0.15) is 5.76 Å². The molecule has 0 saturated heterocycles. The number of hydrogen-bond acceptors (Lipinski definition) is 3. The first-order chi connectivity index (χ1) is 13.0. The maximum atomic E-state index is 13.0. The summed E-state index contributed by atoms with van der Waals surface area (Å²) in [4.78, 5) is 25.1. The van der Waals surface area contributed by atoms with Gasteiger partial charge in [-0.05, 0) is 24.3 Å². The van der Waals surface area contributed by atoms with E-state index in [0.717, 1.165) is 24.8 Å². The van der Waals surface area contributed by atoms with Crippen molar-refractivity contribution in [2.45, 2.75) is 51.5 Å². The third-order valence-electron chi connectivity index (χ3n) is 5.42. The van der Waals surface area contributed by atoms with Crippen molar-refractivity contribution in [2.24, 2.45) is 5.92 Å². The van der Waals surface area contributed by atoms with E-state index < -0.39 is 0 Å². The quantitative estimate of drug-likeness (QED) is 0.835. The van der Waals surface area contributed by atoms with Gasteiger partial charge in [0, 0.05) is 25.1 Å². The van der Waals surface area contributed by atoms with E-state index in [1.54, 1.807) is 13.1 Å². The monoisotopic (exact) mass is 368 g/mol. The summed E-state index contributed by atoms with van der Waals surface area (Å²) in [6.45, 7) is 4.21. The summed E-state index contributed by atoms with van der Waals surface area (Å²) in [6.07, 6.45) is 4.35. The molecule has 0 aliphatic heterocycles. The van der Waals surface area contributed by atoms with Gasteiger partial charge >= 0.3 is 0 Å². The average Bonchev–Trinajstić information content (AvgIpc) is 3.13. The molecule has 1 saturated carbocycles. The number of hydrogen-bond donors (Lipinski definition) is 2. The summed E-state index contributed by atoms with van der Waals surface area (Å²) in [5.41, 5.74) is 1.49. The molecular weight excluding hydrogens is 340 g/mol. The Balaban J connectivity index is 1.89. The van der Waals surface area contributed by atoms with Gasteiger partial charge in [0.2, 0.25) is 0 Å². The highest BCUT2D eigenvalue weighted by atomic mass is 16.4. The Morgan fingerprint density at radius 2 is 1.89 bits per heavy atom. The zero-order valence-electron chi connectivity index (χ0n) is 16.2. The fourth-order valence-corrected chi connectivity index (χ4v) is 3.86. The van der Waals surface area contributed by atoms with Gasteiger partial charge in [-0.25, -0.2) is 0 Å². The molecule has 2 amide bonds. The number of rotatable bonds is 5. The molecule has 0 radical (unpaired) electrons. The van der Waals surface area contributed by atoms with Crippen LogP contribution in [0.15, 0.2) is 40.8 Å². The van der Waals surface area contributed by atoms with Crippen LogP contribution in [0.1, 0.15) is 77.7 Å². The van der Waals surface area contributed by atoms with E-state index >= 15 is 0 Å². The first-order valence-corrected chi connectivity index (χ1v) is 9.71. The Bertz CT molecular complexity index is 797. The molecule has 1 fully saturated rings. The van der Waals surface area contributed by atoms with Crippen LogP contribution in [0.25, 0.3) is 0 Å². The van der Waals surface area contributed by atoms with E-state index in [0.29, 0.717) is 17.2 Å². The average molecular weight is 368 g/mol. The second kappa shape index (κ2) is 8.42. The Kier molecular flexibility index (Phi) is 5.99. The highest BCUT2D eigenvalue weighted by Gasteiger charge is 2.28. The third-order valence-corrected chi connectivity index (χ3v) is 5.42. The Hall–Kier alpha value is -2.56. The molecule has 3 atom stereocenters. The van der Waals surface area contributed by atoms with Crippen molar-refractivity contribution < 1.29 is 14.0 Å². The molecule has 144 valence electrons. The molecular formula is C22H28N2O3. The van der Waals surface area contributed by atoms with Crippen LogP contribution in [0.3, 0.4) is 0 Å². The Morgan fingerprint density at radius 3 is 2.56 bits per heavy atom. The second-order valence-corrected chi connectivity index (χ2v) is 7.54. The summed E-state index contributed by atoms with van der Waals surface area (Å²) >= 11 is 0. The van der Waals surface area contributed by atoms with Gasteiger partial charge in [0.25, 0.3) is 11.8 Å². The molecule has 3 rings (SSSR count). The third kappa shape index (κ3) is 4.41. The van der Waals surface area contributed by atoms with Crippen LogP contribution >= 0.6 is 0 Å². The van der Waals surface area contributed by atoms with Gasteiger partial charge in [-0.15, -0.1) is 0 Å². The lowest BCUT2D eigenvalue weighted by atomic mass is 9.87. The van der Waals surface area contributed by atoms with E-state index in [1.807, 2.05) is 37.3 Å². The minimum absolute atomic E-state index is 0.129. The minimum atomic E-state index is -0.332. The summed E-state index contributed by atoms with van der Waals surface area (Å²) in [7, 11) is 1.55. The van der Waals surface area contributed by atoms with Crippen molar-refractivity contribution in [1.82, 2.24) is 10.6 Å². The molecule has 1 aliphatic rings. The molecule has 5 heteroatoms. The Labute approximate surface area is 160 Å². The van der Waals surface area contributed by atoms with Gasteiger partial charge < -0.3 is 15.1 Å². The van der Waals surface area contributed by atoms with E-state index in [2.05, 4.69) is 17.6 Å². The first-order valence-electron chi connectivity index (χ1n) is 9.71. The summed E-state index contributed by atoms with van der Waals surface area (Å²) < 4.78 is 5.84. The molecule has 0 bridgehead atoms. The van der Waals surface area contributed by atoms with Gasteiger partial charge in [0.05, 0.1) is 5.56 Å². The molecule has 0 spiro atoms. The van der Waals surface area contributed by atoms with Crippen molar-refractivity contribution in [3.8, 4) is 0 Å². The summed E-state index contributed by atoms with van der Waals surface area (Å²) in [5.74, 6) is 0.694. The lowest BCUT2D eigenvalue weighted by Gasteiger charge is -2.27. The van der Waals surface area contributed by atoms with Gasteiger partial charge in [0.15, 0.2) is 5.76 Å². The second-order valence-electron chi connectivity index (χ2n) is 7.54. The number of amides is 2. The molecule has 2 N–H and O–H groups in total. The van der Waals surface area contributed by atoms with Crippen molar-refractivity contribution in [2.75, 3.05) is 7.05 Å². The minimum Gasteiger partial charge on any atom is -0.454 e. The fourth-order valence-electron chi connectivity index (χ4n) is 3.86. The standard InChI is InChI=1S/C22H28N2O3/c1-14-8-7-11-17(12-14)24-21(25)18-13-19(22(26)23-3)27-20(18)15(2)16-9-5-4-6-10-16/h4-6,9-10,13-15,17H,7-8,11-12H2,1-3H3,(H,23,26)(H,24,25)/t14-,15?,17+/m1/s1. The predicted octanol–water partition coefficient (Wildman–Crippen LogP) is 4.10. The zero-order chi connectivity index (χ0) is 19.4. The predicted molar refractivity (Wildman–Crippen MR) is 105 cm³/mol. The molecule has 2 aromatic rings. The lowest BCUT2D eigenvalue weighted by molar-refractivity contribution is 0.0913. The lowest BCUT2D eigenvalue weighted by Crippen LogP contribution is -2.38. The smallest absolute Gasteiger partial charge is 0.286 e. The van der Waals surface area contributed by atoms with Crippen LogP contribution in [0.4, 0.5) is 0 Å². The topological polar surface area (TPSA) is 71.3 Å². The molecule has 27 heavy (non-hydrogen) atoms. The van der Waals surface area contributed by atoms with E-state index in [1.165, 1.54) is 6.42 Å². The highest BCUT2D eigenvalue weighted by Crippen LogP contribution is 2.30. The molecule has 1 heterocycles. The molecule has 1 aliphatic carbocycles. The van der Waals surface area contributed by atoms with Gasteiger partial charge in [-0.1, -0.05) is 57.0 Å². The Morgan fingerprint density at radius 1 is 1.15 bits per heavy atom. The molecule has 1 unspecified atom stereocenters. The van der Waals surface area contributed by atoms with Crippen molar-refractivity contribution in [3.05, 3.63) is 59.0 Å². The van der Waals surface area contributed by atoms with Crippen LogP contribution in [-0.2, 0) is 0 Å². The summed E-state index contributed by atoms with van der Waals surface area (Å²) in [6, 6.07) is 11.6. The number of benzene rings is 1. The zero-order valence-corrected chi connectivity index (χ0v) is 16.2. The normalized spacial score (nSPS) is 20.7. The van der Waals surface area contributed by atoms with Crippen LogP contribution in [0, 0.1) is 5.92 Å². The van der Waals surface area contributed by atoms with E-state index in [-0.39, 0.29) is 29.5 Å². The van der Waals surface area contributed by atoms with E-state index in [9.17, 15) is 9.59 Å². The number of furan rings is 1. The van der Waals surface area contributed by atoms with E-state index in [4.69, 9.17) is 4.42 Å². The van der Waals surface area contributed by atoms with Crippen molar-refractivity contribution in [1.29, 1.82) is 0 Å². The number of carbonyl (C=O) groups excluding carboxylic acids is 2. The van der Waals surface area contributed by atoms with Gasteiger partial charge in [-0.3, -0.25) is 9.59 Å². The number of nitrogens with one attached hydrogen (secondary N) is 2. The van der Waals surface area contributed by atoms with Crippen molar-refractivity contribution in [3.63, 3.8) is 0 Å². The largest absolute Gasteiger partial charge is 0.454 e. The summed E-state index contributed by atoms with van der Waals surface area (Å²) in [5, 5.41) is 5.71.